The Morgan fingerprint density at radius 1 is 1.28 bits per heavy atom. The van der Waals surface area contributed by atoms with Crippen LogP contribution in [0.2, 0.25) is 0 Å². The fourth-order valence-electron chi connectivity index (χ4n) is 3.51. The fourth-order valence-corrected chi connectivity index (χ4v) is 5.02. The number of nitrogens with zero attached hydrogens (tertiary/aromatic N) is 2. The van der Waals surface area contributed by atoms with Gasteiger partial charge < -0.3 is 14.7 Å². The SMILES string of the molecule is CN(C)C[C@H]1OC[C@@H]2CCN(S(=O)(=O)c3ccccc3)C[C@@H]21.O=C(O)C(F)(F)F. The summed E-state index contributed by atoms with van der Waals surface area (Å²) in [6, 6.07) is 8.72. The van der Waals surface area contributed by atoms with Crippen molar-refractivity contribution >= 4 is 16.0 Å². The Balaban J connectivity index is 0.000000370. The van der Waals surface area contributed by atoms with Crippen molar-refractivity contribution in [3.8, 4) is 0 Å². The van der Waals surface area contributed by atoms with Crippen LogP contribution >= 0.6 is 0 Å². The molecule has 3 rings (SSSR count). The summed E-state index contributed by atoms with van der Waals surface area (Å²) in [7, 11) is 0.663. The van der Waals surface area contributed by atoms with Gasteiger partial charge in [-0.25, -0.2) is 13.2 Å². The van der Waals surface area contributed by atoms with E-state index in [2.05, 4.69) is 4.90 Å². The summed E-state index contributed by atoms with van der Waals surface area (Å²) < 4.78 is 64.8. The Morgan fingerprint density at radius 2 is 1.86 bits per heavy atom. The Kier molecular flexibility index (Phi) is 7.66. The van der Waals surface area contributed by atoms with Gasteiger partial charge in [-0.15, -0.1) is 0 Å². The number of piperidine rings is 1. The van der Waals surface area contributed by atoms with Gasteiger partial charge in [-0.2, -0.15) is 17.5 Å². The minimum atomic E-state index is -5.08. The van der Waals surface area contributed by atoms with E-state index in [0.717, 1.165) is 19.6 Å². The maximum Gasteiger partial charge on any atom is 0.490 e. The van der Waals surface area contributed by atoms with E-state index in [0.29, 0.717) is 29.8 Å². The number of aliphatic carboxylic acids is 1. The first-order chi connectivity index (χ1) is 13.4. The molecule has 164 valence electrons. The molecule has 0 bridgehead atoms. The van der Waals surface area contributed by atoms with Crippen molar-refractivity contribution in [3.05, 3.63) is 30.3 Å². The molecule has 2 saturated heterocycles. The maximum absolute atomic E-state index is 12.8. The number of benzene rings is 1. The van der Waals surface area contributed by atoms with Crippen molar-refractivity contribution in [3.63, 3.8) is 0 Å². The first-order valence-corrected chi connectivity index (χ1v) is 10.5. The topological polar surface area (TPSA) is 87.2 Å². The molecule has 0 unspecified atom stereocenters. The molecule has 0 spiro atoms. The first kappa shape index (κ1) is 23.6. The number of ether oxygens (including phenoxy) is 1. The van der Waals surface area contributed by atoms with E-state index in [1.165, 1.54) is 0 Å². The van der Waals surface area contributed by atoms with Crippen molar-refractivity contribution in [1.82, 2.24) is 9.21 Å². The zero-order chi connectivity index (χ0) is 21.8. The van der Waals surface area contributed by atoms with E-state index >= 15 is 0 Å². The van der Waals surface area contributed by atoms with Crippen LogP contribution in [0.1, 0.15) is 6.42 Å². The van der Waals surface area contributed by atoms with Crippen molar-refractivity contribution in [1.29, 1.82) is 0 Å². The lowest BCUT2D eigenvalue weighted by Gasteiger charge is -2.35. The van der Waals surface area contributed by atoms with Crippen LogP contribution in [0.25, 0.3) is 0 Å². The zero-order valence-electron chi connectivity index (χ0n) is 16.2. The maximum atomic E-state index is 12.8. The second-order valence-corrected chi connectivity index (χ2v) is 9.26. The lowest BCUT2D eigenvalue weighted by Crippen LogP contribution is -2.46. The molecule has 2 fully saturated rings. The number of carboxylic acid groups (broad SMARTS) is 1. The van der Waals surface area contributed by atoms with Gasteiger partial charge in [-0.05, 0) is 38.6 Å². The molecular weight excluding hydrogens is 413 g/mol. The van der Waals surface area contributed by atoms with Crippen LogP contribution in [0.4, 0.5) is 13.2 Å². The zero-order valence-corrected chi connectivity index (χ0v) is 17.0. The molecule has 1 aromatic rings. The minimum Gasteiger partial charge on any atom is -0.475 e. The van der Waals surface area contributed by atoms with Gasteiger partial charge in [0.15, 0.2) is 0 Å². The molecule has 0 aromatic heterocycles. The number of rotatable bonds is 4. The summed E-state index contributed by atoms with van der Waals surface area (Å²) in [5.74, 6) is -1.96. The summed E-state index contributed by atoms with van der Waals surface area (Å²) in [5, 5.41) is 7.12. The van der Waals surface area contributed by atoms with E-state index in [9.17, 15) is 21.6 Å². The van der Waals surface area contributed by atoms with Crippen LogP contribution in [-0.2, 0) is 19.6 Å². The summed E-state index contributed by atoms with van der Waals surface area (Å²) in [6.07, 6.45) is -4.06. The molecule has 2 aliphatic heterocycles. The van der Waals surface area contributed by atoms with Gasteiger partial charge in [0, 0.05) is 25.6 Å². The number of fused-ring (bicyclic) bond motifs is 1. The quantitative estimate of drug-likeness (QED) is 0.773. The highest BCUT2D eigenvalue weighted by molar-refractivity contribution is 7.89. The molecular formula is C18H25F3N2O5S. The third-order valence-electron chi connectivity index (χ3n) is 4.94. The van der Waals surface area contributed by atoms with Gasteiger partial charge in [0.2, 0.25) is 10.0 Å². The average molecular weight is 438 g/mol. The summed E-state index contributed by atoms with van der Waals surface area (Å²) >= 11 is 0. The molecule has 0 saturated carbocycles. The fraction of sp³-hybridized carbons (Fsp3) is 0.611. The minimum absolute atomic E-state index is 0.133. The predicted molar refractivity (Wildman–Crippen MR) is 98.8 cm³/mol. The van der Waals surface area contributed by atoms with E-state index in [-0.39, 0.29) is 6.10 Å². The Hall–Kier alpha value is -1.69. The number of hydrogen-bond donors (Lipinski definition) is 1. The molecule has 11 heteroatoms. The first-order valence-electron chi connectivity index (χ1n) is 9.04. The highest BCUT2D eigenvalue weighted by Gasteiger charge is 2.43. The molecule has 3 atom stereocenters. The number of hydrogen-bond acceptors (Lipinski definition) is 5. The summed E-state index contributed by atoms with van der Waals surface area (Å²) in [5.41, 5.74) is 0. The number of carboxylic acids is 1. The Morgan fingerprint density at radius 3 is 2.38 bits per heavy atom. The summed E-state index contributed by atoms with van der Waals surface area (Å²) in [6.45, 7) is 2.78. The smallest absolute Gasteiger partial charge is 0.475 e. The molecule has 1 aromatic carbocycles. The number of likely N-dealkylation sites (N-methyl/N-ethyl adjacent to an activating group) is 1. The second-order valence-electron chi connectivity index (χ2n) is 7.33. The van der Waals surface area contributed by atoms with Crippen LogP contribution in [0, 0.1) is 11.8 Å². The Bertz CT molecular complexity index is 786. The molecule has 7 nitrogen and oxygen atoms in total. The van der Waals surface area contributed by atoms with Crippen LogP contribution in [0.15, 0.2) is 35.2 Å². The lowest BCUT2D eigenvalue weighted by atomic mass is 9.85. The van der Waals surface area contributed by atoms with Crippen LogP contribution in [0.3, 0.4) is 0 Å². The van der Waals surface area contributed by atoms with Gasteiger partial charge in [-0.3, -0.25) is 0 Å². The van der Waals surface area contributed by atoms with E-state index in [1.54, 1.807) is 28.6 Å². The molecule has 2 aliphatic rings. The highest BCUT2D eigenvalue weighted by Crippen LogP contribution is 2.36. The average Bonchev–Trinajstić information content (AvgIpc) is 3.04. The second kappa shape index (κ2) is 9.41. The molecule has 0 aliphatic carbocycles. The van der Waals surface area contributed by atoms with Gasteiger partial charge in [0.25, 0.3) is 0 Å². The van der Waals surface area contributed by atoms with E-state index < -0.39 is 22.2 Å². The van der Waals surface area contributed by atoms with Crippen LogP contribution in [0.5, 0.6) is 0 Å². The van der Waals surface area contributed by atoms with Crippen molar-refractivity contribution in [2.75, 3.05) is 40.3 Å². The lowest BCUT2D eigenvalue weighted by molar-refractivity contribution is -0.192. The van der Waals surface area contributed by atoms with Gasteiger partial charge in [-0.1, -0.05) is 18.2 Å². The van der Waals surface area contributed by atoms with Crippen LogP contribution < -0.4 is 0 Å². The van der Waals surface area contributed by atoms with Gasteiger partial charge >= 0.3 is 12.1 Å². The third kappa shape index (κ3) is 6.14. The summed E-state index contributed by atoms with van der Waals surface area (Å²) in [4.78, 5) is 11.4. The monoisotopic (exact) mass is 438 g/mol. The largest absolute Gasteiger partial charge is 0.490 e. The normalized spacial score (nSPS) is 25.2. The molecule has 29 heavy (non-hydrogen) atoms. The number of sulfonamides is 1. The van der Waals surface area contributed by atoms with Crippen molar-refractivity contribution in [2.45, 2.75) is 23.6 Å². The standard InChI is InChI=1S/C16H24N2O3S.C2HF3O2/c1-17(2)11-16-15-10-18(9-8-13(15)12-21-16)22(19,20)14-6-4-3-5-7-14;3-2(4,5)1(6)7/h3-7,13,15-16H,8-12H2,1-2H3;(H,6,7)/t13-,15-,16+;/m0./s1. The molecule has 0 radical (unpaired) electrons. The van der Waals surface area contributed by atoms with E-state index in [1.807, 2.05) is 20.2 Å². The molecule has 1 N–H and O–H groups in total. The highest BCUT2D eigenvalue weighted by atomic mass is 32.2. The number of carbonyl (C=O) groups is 1. The molecule has 0 amide bonds. The van der Waals surface area contributed by atoms with Gasteiger partial charge in [0.05, 0.1) is 17.6 Å². The Labute approximate surface area is 168 Å². The van der Waals surface area contributed by atoms with Crippen LogP contribution in [-0.4, -0.2) is 81.3 Å². The number of alkyl halides is 3. The van der Waals surface area contributed by atoms with Gasteiger partial charge in [0.1, 0.15) is 0 Å². The third-order valence-corrected chi connectivity index (χ3v) is 6.82. The van der Waals surface area contributed by atoms with Crippen molar-refractivity contribution in [2.24, 2.45) is 11.8 Å². The number of halogens is 3. The predicted octanol–water partition coefficient (Wildman–Crippen LogP) is 1.91. The van der Waals surface area contributed by atoms with Crippen molar-refractivity contribution < 1.29 is 36.2 Å². The van der Waals surface area contributed by atoms with E-state index in [4.69, 9.17) is 14.6 Å². The molecule has 2 heterocycles.